The van der Waals surface area contributed by atoms with Gasteiger partial charge in [-0.3, -0.25) is 18.8 Å². The summed E-state index contributed by atoms with van der Waals surface area (Å²) in [6.07, 6.45) is 9.00. The number of carbonyl (C=O) groups is 1. The molecule has 1 N–H and O–H groups in total. The first-order valence-electron chi connectivity index (χ1n) is 16.4. The van der Waals surface area contributed by atoms with Gasteiger partial charge in [-0.05, 0) is 64.6 Å². The number of nitrogens with zero attached hydrogens (tertiary/aromatic N) is 6. The van der Waals surface area contributed by atoms with Gasteiger partial charge < -0.3 is 24.2 Å². The van der Waals surface area contributed by atoms with E-state index >= 15 is 0 Å². The summed E-state index contributed by atoms with van der Waals surface area (Å²) in [6.45, 7) is 6.82. The van der Waals surface area contributed by atoms with Crippen LogP contribution in [0.25, 0.3) is 11.2 Å². The summed E-state index contributed by atoms with van der Waals surface area (Å²) >= 11 is 0. The van der Waals surface area contributed by atoms with E-state index in [1.54, 1.807) is 17.7 Å². The molecule has 0 amide bonds. The van der Waals surface area contributed by atoms with Gasteiger partial charge in [0.25, 0.3) is 0 Å². The van der Waals surface area contributed by atoms with Gasteiger partial charge >= 0.3 is 5.69 Å². The molecule has 244 valence electrons. The molecule has 2 aromatic heterocycles. The molecule has 1 unspecified atom stereocenters. The molecule has 3 aliphatic heterocycles. The lowest BCUT2D eigenvalue weighted by atomic mass is 9.57. The van der Waals surface area contributed by atoms with Crippen LogP contribution in [-0.2, 0) is 26.1 Å². The molecule has 3 saturated heterocycles. The van der Waals surface area contributed by atoms with Crippen LogP contribution in [0, 0.1) is 11.3 Å². The van der Waals surface area contributed by atoms with E-state index in [9.17, 15) is 14.8 Å². The Hall–Kier alpha value is -3.13. The first-order valence-corrected chi connectivity index (χ1v) is 16.4. The smallest absolute Gasteiger partial charge is 0.330 e. The number of ketones is 1. The highest BCUT2D eigenvalue weighted by Crippen LogP contribution is 2.56. The van der Waals surface area contributed by atoms with Crippen molar-refractivity contribution in [2.45, 2.75) is 88.2 Å². The normalized spacial score (nSPS) is 31.4. The fourth-order valence-corrected chi connectivity index (χ4v) is 8.69. The fraction of sp³-hybridized carbons (Fsp3) is 0.719. The van der Waals surface area contributed by atoms with Gasteiger partial charge in [-0.1, -0.05) is 24.6 Å². The average molecular weight is 625 g/mol. The number of imidazole rings is 1. The minimum Gasteiger partial charge on any atom is -0.467 e. The van der Waals surface area contributed by atoms with Crippen LogP contribution in [-0.4, -0.2) is 98.7 Å². The summed E-state index contributed by atoms with van der Waals surface area (Å²) in [4.78, 5) is 40.2. The summed E-state index contributed by atoms with van der Waals surface area (Å²) in [5.41, 5.74) is -0.230. The zero-order chi connectivity index (χ0) is 31.3. The molecule has 7 rings (SSSR count). The van der Waals surface area contributed by atoms with Crippen LogP contribution in [0.2, 0.25) is 0 Å². The van der Waals surface area contributed by atoms with E-state index in [-0.39, 0.29) is 41.0 Å². The van der Waals surface area contributed by atoms with Crippen molar-refractivity contribution in [3.63, 3.8) is 0 Å². The highest BCUT2D eigenvalue weighted by molar-refractivity contribution is 6.14. The molecule has 0 bridgehead atoms. The van der Waals surface area contributed by atoms with Crippen LogP contribution in [0.3, 0.4) is 0 Å². The van der Waals surface area contributed by atoms with E-state index in [0.717, 1.165) is 38.6 Å². The highest BCUT2D eigenvalue weighted by atomic mass is 16.7. The number of oxime groups is 1. The molecule has 2 spiro atoms. The average Bonchev–Trinajstić information content (AvgIpc) is 3.86. The number of aromatic nitrogens is 4. The lowest BCUT2D eigenvalue weighted by Gasteiger charge is -2.52. The van der Waals surface area contributed by atoms with Crippen molar-refractivity contribution in [2.75, 3.05) is 40.0 Å². The van der Waals surface area contributed by atoms with E-state index in [0.29, 0.717) is 69.7 Å². The summed E-state index contributed by atoms with van der Waals surface area (Å²) in [6, 6.07) is -0.140. The maximum Gasteiger partial charge on any atom is 0.330 e. The van der Waals surface area contributed by atoms with E-state index in [1.165, 1.54) is 4.57 Å². The SMILES string of the molecule is C=C[C@H](Oc1nc(/C(=N\O)C2CCC[C@@]3(CCCCC34OCCO4)C2=O)nc2c1n(C)c(=O)n2[C@@H]1CCOC1)[C@@H]1CCCN1C. The van der Waals surface area contributed by atoms with Crippen molar-refractivity contribution >= 4 is 22.7 Å². The molecule has 13 heteroatoms. The minimum absolute atomic E-state index is 0.0551. The predicted molar refractivity (Wildman–Crippen MR) is 164 cm³/mol. The molecule has 5 fully saturated rings. The highest BCUT2D eigenvalue weighted by Gasteiger charge is 2.63. The Bertz CT molecular complexity index is 1550. The lowest BCUT2D eigenvalue weighted by Crippen LogP contribution is -2.60. The van der Waals surface area contributed by atoms with Crippen molar-refractivity contribution in [3.05, 3.63) is 29.0 Å². The molecule has 0 aromatic carbocycles. The quantitative estimate of drug-likeness (QED) is 0.211. The maximum absolute atomic E-state index is 14.6. The number of ether oxygens (including phenoxy) is 4. The van der Waals surface area contributed by atoms with Gasteiger partial charge in [0.2, 0.25) is 5.88 Å². The number of hydrogen-bond donors (Lipinski definition) is 1. The fourth-order valence-electron chi connectivity index (χ4n) is 8.69. The van der Waals surface area contributed by atoms with Crippen molar-refractivity contribution in [2.24, 2.45) is 23.5 Å². The second kappa shape index (κ2) is 11.9. The summed E-state index contributed by atoms with van der Waals surface area (Å²) in [5.74, 6) is -1.53. The molecule has 5 heterocycles. The number of carbonyl (C=O) groups excluding carboxylic acids is 1. The molecule has 2 aromatic rings. The maximum atomic E-state index is 14.6. The second-order valence-electron chi connectivity index (χ2n) is 13.3. The monoisotopic (exact) mass is 624 g/mol. The largest absolute Gasteiger partial charge is 0.467 e. The third-order valence-electron chi connectivity index (χ3n) is 11.0. The number of aryl methyl sites for hydroxylation is 1. The van der Waals surface area contributed by atoms with Gasteiger partial charge in [0.15, 0.2) is 28.6 Å². The van der Waals surface area contributed by atoms with Gasteiger partial charge in [0, 0.05) is 20.1 Å². The van der Waals surface area contributed by atoms with Crippen LogP contribution in [0.4, 0.5) is 0 Å². The molecule has 13 nitrogen and oxygen atoms in total. The van der Waals surface area contributed by atoms with Gasteiger partial charge in [-0.2, -0.15) is 4.98 Å². The molecular formula is C32H44N6O7. The standard InChI is InChI=1S/C32H44N6O7/c1-4-23(22-10-8-15-36(22)2)45-29-25-28(38(30(40)37(25)3)20-11-16-42-19-20)33-27(34-29)24(35-41)21-9-7-13-31(26(21)39)12-5-6-14-32(31)43-17-18-44-32/h4,20-23,41H,1,5-19H2,2-3H3/b35-24-/t20-,21?,22+,23+,31+/m1/s1. The van der Waals surface area contributed by atoms with Crippen LogP contribution in [0.1, 0.15) is 76.1 Å². The minimum atomic E-state index is -0.951. The molecule has 0 radical (unpaired) electrons. The summed E-state index contributed by atoms with van der Waals surface area (Å²) in [5, 5.41) is 14.3. The number of fused-ring (bicyclic) bond motifs is 2. The van der Waals surface area contributed by atoms with Gasteiger partial charge in [0.1, 0.15) is 11.8 Å². The number of likely N-dealkylation sites (N-methyl/N-ethyl adjacent to an activating group) is 1. The molecule has 2 saturated carbocycles. The third-order valence-corrected chi connectivity index (χ3v) is 11.0. The number of hydrogen-bond acceptors (Lipinski definition) is 11. The first-order chi connectivity index (χ1) is 21.8. The van der Waals surface area contributed by atoms with Crippen LogP contribution < -0.4 is 10.4 Å². The van der Waals surface area contributed by atoms with Crippen molar-refractivity contribution < 1.29 is 28.9 Å². The molecular weight excluding hydrogens is 580 g/mol. The van der Waals surface area contributed by atoms with Gasteiger partial charge in [-0.25, -0.2) is 9.78 Å². The van der Waals surface area contributed by atoms with E-state index in [2.05, 4.69) is 23.7 Å². The Balaban J connectivity index is 1.34. The second-order valence-corrected chi connectivity index (χ2v) is 13.3. The number of Topliss-reactive ketones (excluding diaryl/α,β-unsaturated/α-hetero) is 1. The van der Waals surface area contributed by atoms with Crippen molar-refractivity contribution in [1.29, 1.82) is 0 Å². The zero-order valence-corrected chi connectivity index (χ0v) is 26.3. The van der Waals surface area contributed by atoms with Crippen LogP contribution in [0.5, 0.6) is 5.88 Å². The summed E-state index contributed by atoms with van der Waals surface area (Å²) < 4.78 is 27.8. The van der Waals surface area contributed by atoms with E-state index < -0.39 is 23.2 Å². The Morgan fingerprint density at radius 2 is 1.84 bits per heavy atom. The molecule has 45 heavy (non-hydrogen) atoms. The number of rotatable bonds is 7. The Kier molecular flexibility index (Phi) is 8.07. The van der Waals surface area contributed by atoms with Crippen molar-refractivity contribution in [1.82, 2.24) is 24.0 Å². The van der Waals surface area contributed by atoms with E-state index in [1.807, 2.05) is 0 Å². The molecule has 5 aliphatic rings. The molecule has 5 atom stereocenters. The zero-order valence-electron chi connectivity index (χ0n) is 26.3. The van der Waals surface area contributed by atoms with Crippen LogP contribution >= 0.6 is 0 Å². The Labute approximate surface area is 262 Å². The Morgan fingerprint density at radius 1 is 1.07 bits per heavy atom. The van der Waals surface area contributed by atoms with Gasteiger partial charge in [0.05, 0.1) is 43.2 Å². The predicted octanol–water partition coefficient (Wildman–Crippen LogP) is 2.97. The first kappa shape index (κ1) is 30.5. The van der Waals surface area contributed by atoms with Gasteiger partial charge in [-0.15, -0.1) is 0 Å². The topological polar surface area (TPSA) is 143 Å². The van der Waals surface area contributed by atoms with Crippen LogP contribution in [0.15, 0.2) is 22.6 Å². The Morgan fingerprint density at radius 3 is 2.53 bits per heavy atom. The number of likely N-dealkylation sites (tertiary alicyclic amines) is 1. The van der Waals surface area contributed by atoms with Crippen molar-refractivity contribution in [3.8, 4) is 5.88 Å². The third kappa shape index (κ3) is 4.76. The van der Waals surface area contributed by atoms with E-state index in [4.69, 9.17) is 28.9 Å². The molecule has 2 aliphatic carbocycles. The lowest BCUT2D eigenvalue weighted by molar-refractivity contribution is -0.255. The summed E-state index contributed by atoms with van der Waals surface area (Å²) in [7, 11) is 3.73.